The minimum Gasteiger partial charge on any atom is -0.465 e. The summed E-state index contributed by atoms with van der Waals surface area (Å²) >= 11 is 0. The number of fused-ring (bicyclic) bond motifs is 1. The molecule has 168 valence electrons. The number of benzene rings is 2. The number of nitrogens with zero attached hydrogens (tertiary/aromatic N) is 1. The lowest BCUT2D eigenvalue weighted by Crippen LogP contribution is -2.43. The summed E-state index contributed by atoms with van der Waals surface area (Å²) < 4.78 is 16.6. The van der Waals surface area contributed by atoms with Gasteiger partial charge in [0.05, 0.1) is 36.4 Å². The summed E-state index contributed by atoms with van der Waals surface area (Å²) in [4.78, 5) is 30.7. The third-order valence-electron chi connectivity index (χ3n) is 5.19. The van der Waals surface area contributed by atoms with E-state index >= 15 is 0 Å². The second kappa shape index (κ2) is 11.4. The number of hydrogen-bond donors (Lipinski definition) is 0. The molecule has 1 heterocycles. The molecular formula is C26H29NO5. The smallest absolute Gasteiger partial charge is 0.323 e. The van der Waals surface area contributed by atoms with Crippen LogP contribution in [0, 0.1) is 5.92 Å². The molecule has 0 aliphatic rings. The van der Waals surface area contributed by atoms with Crippen molar-refractivity contribution in [2.24, 2.45) is 5.92 Å². The van der Waals surface area contributed by atoms with Crippen LogP contribution in [0.4, 0.5) is 0 Å². The Morgan fingerprint density at radius 2 is 1.41 bits per heavy atom. The Bertz CT molecular complexity index is 1020. The molecule has 0 N–H and O–H groups in total. The number of aromatic nitrogens is 1. The van der Waals surface area contributed by atoms with Crippen molar-refractivity contribution in [3.63, 3.8) is 0 Å². The minimum atomic E-state index is -1.24. The van der Waals surface area contributed by atoms with Crippen molar-refractivity contribution in [3.8, 4) is 0 Å². The molecule has 1 aromatic heterocycles. The fraction of sp³-hybridized carbons (Fsp3) is 0.346. The summed E-state index contributed by atoms with van der Waals surface area (Å²) in [6.45, 7) is 5.84. The molecule has 0 saturated carbocycles. The summed E-state index contributed by atoms with van der Waals surface area (Å²) in [6.07, 6.45) is -0.853. The van der Waals surface area contributed by atoms with Crippen LogP contribution in [0.5, 0.6) is 0 Å². The third kappa shape index (κ3) is 5.32. The average molecular weight is 436 g/mol. The first-order chi connectivity index (χ1) is 15.6. The van der Waals surface area contributed by atoms with Gasteiger partial charge in [0.1, 0.15) is 0 Å². The summed E-state index contributed by atoms with van der Waals surface area (Å²) in [7, 11) is 0. The van der Waals surface area contributed by atoms with Gasteiger partial charge in [0.15, 0.2) is 5.92 Å². The molecule has 0 aliphatic heterocycles. The van der Waals surface area contributed by atoms with Gasteiger partial charge in [0.25, 0.3) is 0 Å². The molecule has 3 rings (SSSR count). The molecule has 0 spiro atoms. The first-order valence-electron chi connectivity index (χ1n) is 11.0. The number of carbonyl (C=O) groups excluding carboxylic acids is 2. The summed E-state index contributed by atoms with van der Waals surface area (Å²) in [5.41, 5.74) is 2.41. The number of hydrogen-bond acceptors (Lipinski definition) is 6. The van der Waals surface area contributed by atoms with Gasteiger partial charge in [-0.25, -0.2) is 0 Å². The Morgan fingerprint density at radius 1 is 0.781 bits per heavy atom. The predicted molar refractivity (Wildman–Crippen MR) is 122 cm³/mol. The highest BCUT2D eigenvalue weighted by atomic mass is 16.6. The Kier molecular flexibility index (Phi) is 8.34. The SMILES string of the molecule is CCOC(=O)C(C(=O)OCC)C(OCC)C(c1ccccc1)c1ccc2ccccc2n1. The lowest BCUT2D eigenvalue weighted by Gasteiger charge is -2.31. The topological polar surface area (TPSA) is 74.7 Å². The molecule has 0 saturated heterocycles. The number of rotatable bonds is 10. The molecule has 0 radical (unpaired) electrons. The zero-order valence-corrected chi connectivity index (χ0v) is 18.7. The highest BCUT2D eigenvalue weighted by Crippen LogP contribution is 2.35. The molecule has 6 heteroatoms. The maximum Gasteiger partial charge on any atom is 0.323 e. The van der Waals surface area contributed by atoms with Crippen molar-refractivity contribution < 1.29 is 23.8 Å². The van der Waals surface area contributed by atoms with Gasteiger partial charge in [-0.15, -0.1) is 0 Å². The lowest BCUT2D eigenvalue weighted by atomic mass is 9.82. The van der Waals surface area contributed by atoms with Gasteiger partial charge < -0.3 is 14.2 Å². The fourth-order valence-electron chi connectivity index (χ4n) is 3.85. The van der Waals surface area contributed by atoms with Crippen LogP contribution in [0.15, 0.2) is 66.7 Å². The molecule has 6 nitrogen and oxygen atoms in total. The fourth-order valence-corrected chi connectivity index (χ4v) is 3.85. The van der Waals surface area contributed by atoms with Crippen molar-refractivity contribution in [3.05, 3.63) is 78.0 Å². The lowest BCUT2D eigenvalue weighted by molar-refractivity contribution is -0.169. The highest BCUT2D eigenvalue weighted by Gasteiger charge is 2.44. The maximum absolute atomic E-state index is 12.9. The van der Waals surface area contributed by atoms with Crippen LogP contribution in [-0.4, -0.2) is 42.8 Å². The number of para-hydroxylation sites is 1. The monoisotopic (exact) mass is 435 g/mol. The van der Waals surface area contributed by atoms with E-state index in [-0.39, 0.29) is 13.2 Å². The first-order valence-corrected chi connectivity index (χ1v) is 11.0. The molecule has 0 fully saturated rings. The van der Waals surface area contributed by atoms with E-state index in [1.165, 1.54) is 0 Å². The van der Waals surface area contributed by atoms with E-state index in [2.05, 4.69) is 0 Å². The van der Waals surface area contributed by atoms with Crippen LogP contribution in [0.1, 0.15) is 37.9 Å². The predicted octanol–water partition coefficient (Wildman–Crippen LogP) is 4.51. The van der Waals surface area contributed by atoms with Crippen LogP contribution < -0.4 is 0 Å². The van der Waals surface area contributed by atoms with Crippen LogP contribution >= 0.6 is 0 Å². The van der Waals surface area contributed by atoms with E-state index in [0.29, 0.717) is 12.3 Å². The molecular weight excluding hydrogens is 406 g/mol. The molecule has 0 aliphatic carbocycles. The van der Waals surface area contributed by atoms with Crippen LogP contribution in [0.2, 0.25) is 0 Å². The van der Waals surface area contributed by atoms with E-state index in [0.717, 1.165) is 16.5 Å². The number of esters is 2. The number of carbonyl (C=O) groups is 2. The van der Waals surface area contributed by atoms with E-state index in [9.17, 15) is 9.59 Å². The van der Waals surface area contributed by atoms with Gasteiger partial charge >= 0.3 is 11.9 Å². The molecule has 3 aromatic rings. The number of ether oxygens (including phenoxy) is 3. The van der Waals surface area contributed by atoms with E-state index in [1.54, 1.807) is 13.8 Å². The van der Waals surface area contributed by atoms with Crippen molar-refractivity contribution in [2.45, 2.75) is 32.8 Å². The van der Waals surface area contributed by atoms with Crippen molar-refractivity contribution in [2.75, 3.05) is 19.8 Å². The molecule has 2 aromatic carbocycles. The standard InChI is InChI=1S/C26H29NO5/c1-4-30-24(23(25(28)31-5-2)26(29)32-6-3)22(19-13-8-7-9-14-19)21-17-16-18-12-10-11-15-20(18)27-21/h7-17,22-24H,4-6H2,1-3H3. The molecule has 2 atom stereocenters. The summed E-state index contributed by atoms with van der Waals surface area (Å²) in [6, 6.07) is 21.3. The normalized spacial score (nSPS) is 13.0. The highest BCUT2D eigenvalue weighted by molar-refractivity contribution is 5.96. The Balaban J connectivity index is 2.17. The first kappa shape index (κ1) is 23.4. The third-order valence-corrected chi connectivity index (χ3v) is 5.19. The van der Waals surface area contributed by atoms with Crippen molar-refractivity contribution in [1.29, 1.82) is 0 Å². The van der Waals surface area contributed by atoms with Gasteiger partial charge in [0.2, 0.25) is 0 Å². The van der Waals surface area contributed by atoms with Gasteiger partial charge in [-0.1, -0.05) is 54.6 Å². The minimum absolute atomic E-state index is 0.151. The molecule has 0 bridgehead atoms. The summed E-state index contributed by atoms with van der Waals surface area (Å²) in [5.74, 6) is -3.05. The average Bonchev–Trinajstić information content (AvgIpc) is 2.80. The van der Waals surface area contributed by atoms with Crippen molar-refractivity contribution >= 4 is 22.8 Å². The van der Waals surface area contributed by atoms with E-state index in [1.807, 2.05) is 73.7 Å². The van der Waals surface area contributed by atoms with Crippen molar-refractivity contribution in [1.82, 2.24) is 4.98 Å². The van der Waals surface area contributed by atoms with E-state index in [4.69, 9.17) is 19.2 Å². The Hall–Kier alpha value is -3.25. The second-order valence-corrected chi connectivity index (χ2v) is 7.22. The Morgan fingerprint density at radius 3 is 2.03 bits per heavy atom. The van der Waals surface area contributed by atoms with Gasteiger partial charge in [-0.05, 0) is 38.5 Å². The molecule has 0 amide bonds. The summed E-state index contributed by atoms with van der Waals surface area (Å²) in [5, 5.41) is 1.00. The number of pyridine rings is 1. The largest absolute Gasteiger partial charge is 0.465 e. The maximum atomic E-state index is 12.9. The van der Waals surface area contributed by atoms with Gasteiger partial charge in [-0.3, -0.25) is 14.6 Å². The van der Waals surface area contributed by atoms with Crippen LogP contribution in [0.25, 0.3) is 10.9 Å². The Labute approximate surface area is 188 Å². The second-order valence-electron chi connectivity index (χ2n) is 7.22. The molecule has 32 heavy (non-hydrogen) atoms. The van der Waals surface area contributed by atoms with Crippen LogP contribution in [0.3, 0.4) is 0 Å². The van der Waals surface area contributed by atoms with E-state index < -0.39 is 29.9 Å². The zero-order valence-electron chi connectivity index (χ0n) is 18.7. The molecule has 2 unspecified atom stereocenters. The van der Waals surface area contributed by atoms with Gasteiger partial charge in [-0.2, -0.15) is 0 Å². The van der Waals surface area contributed by atoms with Crippen LogP contribution in [-0.2, 0) is 23.8 Å². The zero-order chi connectivity index (χ0) is 22.9. The van der Waals surface area contributed by atoms with Gasteiger partial charge in [0, 0.05) is 12.0 Å². The quantitative estimate of drug-likeness (QED) is 0.344.